The van der Waals surface area contributed by atoms with E-state index in [0.717, 1.165) is 25.7 Å². The van der Waals surface area contributed by atoms with E-state index in [2.05, 4.69) is 51.2 Å². The molecule has 0 saturated carbocycles. The van der Waals surface area contributed by atoms with Crippen LogP contribution in [-0.2, 0) is 14.4 Å². The molecule has 2 atom stereocenters. The summed E-state index contributed by atoms with van der Waals surface area (Å²) in [7, 11) is 0. The van der Waals surface area contributed by atoms with E-state index in [0.29, 0.717) is 5.75 Å². The van der Waals surface area contributed by atoms with Gasteiger partial charge in [0, 0.05) is 17.4 Å². The molecule has 0 radical (unpaired) electrons. The summed E-state index contributed by atoms with van der Waals surface area (Å²) in [5, 5.41) is 20.4. The minimum atomic E-state index is -1.12. The summed E-state index contributed by atoms with van der Waals surface area (Å²) < 4.78 is 0. The third-order valence-electron chi connectivity index (χ3n) is 4.50. The first kappa shape index (κ1) is 28.0. The van der Waals surface area contributed by atoms with Crippen LogP contribution >= 0.6 is 11.8 Å². The zero-order valence-electron chi connectivity index (χ0n) is 18.9. The quantitative estimate of drug-likeness (QED) is 0.250. The molecular formula is C23H37NO5S. The fourth-order valence-electron chi connectivity index (χ4n) is 2.57. The van der Waals surface area contributed by atoms with Gasteiger partial charge in [-0.1, -0.05) is 41.9 Å². The van der Waals surface area contributed by atoms with E-state index in [1.54, 1.807) is 0 Å². The van der Waals surface area contributed by atoms with Gasteiger partial charge in [0.1, 0.15) is 6.04 Å². The van der Waals surface area contributed by atoms with Gasteiger partial charge in [0.15, 0.2) is 0 Å². The smallest absolute Gasteiger partial charge is 0.327 e. The number of carboxylic acids is 2. The number of allylic oxidation sites excluding steroid dienone is 5. The van der Waals surface area contributed by atoms with E-state index in [-0.39, 0.29) is 12.2 Å². The van der Waals surface area contributed by atoms with Crippen LogP contribution in [0.2, 0.25) is 0 Å². The number of hydrogen-bond donors (Lipinski definition) is 3. The molecule has 0 aromatic carbocycles. The van der Waals surface area contributed by atoms with Gasteiger partial charge in [-0.15, -0.1) is 0 Å². The number of thioether (sulfide) groups is 1. The van der Waals surface area contributed by atoms with Crippen LogP contribution in [0.4, 0.5) is 0 Å². The van der Waals surface area contributed by atoms with Crippen LogP contribution in [0.1, 0.15) is 66.7 Å². The standard InChI is InChI=1S/C23H37NO5S/c1-16(2)8-6-9-17(3)10-7-11-18(4)12-13-30-15-20(23(28)29)24-22(27)19(5)14-21(25)26/h8,10,12,19-20H,6-7,9,11,13-15H2,1-5H3,(H,24,27)(H,25,26)(H,28,29)/b17-10+,18-12+/t19-,20+/m1/s1. The van der Waals surface area contributed by atoms with Crippen molar-refractivity contribution in [2.75, 3.05) is 11.5 Å². The predicted molar refractivity (Wildman–Crippen MR) is 124 cm³/mol. The van der Waals surface area contributed by atoms with Crippen molar-refractivity contribution in [3.05, 3.63) is 34.9 Å². The van der Waals surface area contributed by atoms with Crippen molar-refractivity contribution in [2.24, 2.45) is 5.92 Å². The Balaban J connectivity index is 4.31. The normalized spacial score (nSPS) is 14.0. The molecule has 0 rings (SSSR count). The number of aliphatic carboxylic acids is 2. The molecule has 7 heteroatoms. The lowest BCUT2D eigenvalue weighted by molar-refractivity contribution is -0.143. The van der Waals surface area contributed by atoms with Crippen LogP contribution in [-0.4, -0.2) is 45.6 Å². The van der Waals surface area contributed by atoms with Crippen LogP contribution < -0.4 is 5.32 Å². The second-order valence-electron chi connectivity index (χ2n) is 7.90. The molecule has 0 spiro atoms. The minimum Gasteiger partial charge on any atom is -0.481 e. The Hall–Kier alpha value is -2.02. The van der Waals surface area contributed by atoms with Gasteiger partial charge in [0.05, 0.1) is 6.42 Å². The molecule has 0 aromatic heterocycles. The van der Waals surface area contributed by atoms with E-state index < -0.39 is 29.8 Å². The summed E-state index contributed by atoms with van der Waals surface area (Å²) in [4.78, 5) is 34.0. The summed E-state index contributed by atoms with van der Waals surface area (Å²) in [5.74, 6) is -2.63. The van der Waals surface area contributed by atoms with Crippen molar-refractivity contribution in [1.82, 2.24) is 5.32 Å². The highest BCUT2D eigenvalue weighted by Gasteiger charge is 2.24. The van der Waals surface area contributed by atoms with E-state index in [9.17, 15) is 19.5 Å². The van der Waals surface area contributed by atoms with Crippen LogP contribution in [0.5, 0.6) is 0 Å². The van der Waals surface area contributed by atoms with Crippen molar-refractivity contribution in [1.29, 1.82) is 0 Å². The fourth-order valence-corrected chi connectivity index (χ4v) is 3.57. The number of carbonyl (C=O) groups is 3. The number of amides is 1. The maximum Gasteiger partial charge on any atom is 0.327 e. The second-order valence-corrected chi connectivity index (χ2v) is 8.97. The summed E-state index contributed by atoms with van der Waals surface area (Å²) >= 11 is 1.43. The molecule has 0 aromatic rings. The lowest BCUT2D eigenvalue weighted by Gasteiger charge is -2.16. The molecule has 0 heterocycles. The number of carbonyl (C=O) groups excluding carboxylic acids is 1. The maximum absolute atomic E-state index is 11.9. The topological polar surface area (TPSA) is 104 Å². The van der Waals surface area contributed by atoms with Crippen molar-refractivity contribution in [3.8, 4) is 0 Å². The minimum absolute atomic E-state index is 0.230. The Morgan fingerprint density at radius 1 is 0.933 bits per heavy atom. The Bertz CT molecular complexity index is 663. The summed E-state index contributed by atoms with van der Waals surface area (Å²) in [6, 6.07) is -1.03. The molecule has 0 bridgehead atoms. The third-order valence-corrected chi connectivity index (χ3v) is 5.47. The van der Waals surface area contributed by atoms with Crippen LogP contribution in [0.3, 0.4) is 0 Å². The highest BCUT2D eigenvalue weighted by molar-refractivity contribution is 7.99. The second kappa shape index (κ2) is 15.8. The average molecular weight is 440 g/mol. The van der Waals surface area contributed by atoms with Gasteiger partial charge < -0.3 is 15.5 Å². The average Bonchev–Trinajstić information content (AvgIpc) is 2.62. The van der Waals surface area contributed by atoms with Gasteiger partial charge in [-0.25, -0.2) is 4.79 Å². The molecule has 0 unspecified atom stereocenters. The number of rotatable bonds is 15. The Labute approximate surface area is 184 Å². The first-order valence-electron chi connectivity index (χ1n) is 10.3. The Morgan fingerprint density at radius 2 is 1.50 bits per heavy atom. The zero-order valence-corrected chi connectivity index (χ0v) is 19.7. The Morgan fingerprint density at radius 3 is 2.03 bits per heavy atom. The molecule has 170 valence electrons. The molecule has 6 nitrogen and oxygen atoms in total. The fraction of sp³-hybridized carbons (Fsp3) is 0.609. The molecule has 0 aliphatic carbocycles. The van der Waals surface area contributed by atoms with Crippen molar-refractivity contribution < 1.29 is 24.6 Å². The summed E-state index contributed by atoms with van der Waals surface area (Å²) in [6.45, 7) is 9.91. The molecular weight excluding hydrogens is 402 g/mol. The first-order valence-corrected chi connectivity index (χ1v) is 11.5. The monoisotopic (exact) mass is 439 g/mol. The van der Waals surface area contributed by atoms with Crippen molar-refractivity contribution in [3.63, 3.8) is 0 Å². The number of carboxylic acid groups (broad SMARTS) is 2. The van der Waals surface area contributed by atoms with E-state index in [1.165, 1.54) is 35.4 Å². The number of hydrogen-bond acceptors (Lipinski definition) is 4. The highest BCUT2D eigenvalue weighted by atomic mass is 32.2. The molecule has 0 saturated heterocycles. The Kier molecular flexibility index (Phi) is 14.7. The van der Waals surface area contributed by atoms with E-state index >= 15 is 0 Å². The zero-order chi connectivity index (χ0) is 23.1. The molecule has 3 N–H and O–H groups in total. The molecule has 30 heavy (non-hydrogen) atoms. The van der Waals surface area contributed by atoms with Gasteiger partial charge >= 0.3 is 11.9 Å². The predicted octanol–water partition coefficient (Wildman–Crippen LogP) is 4.82. The van der Waals surface area contributed by atoms with E-state index in [1.807, 2.05) is 0 Å². The third kappa shape index (κ3) is 14.9. The summed E-state index contributed by atoms with van der Waals surface area (Å²) in [6.07, 6.45) is 10.4. The van der Waals surface area contributed by atoms with Crippen molar-refractivity contribution in [2.45, 2.75) is 72.8 Å². The van der Waals surface area contributed by atoms with Gasteiger partial charge in [0.25, 0.3) is 0 Å². The largest absolute Gasteiger partial charge is 0.481 e. The van der Waals surface area contributed by atoms with Gasteiger partial charge in [-0.05, 0) is 53.4 Å². The molecule has 1 amide bonds. The van der Waals surface area contributed by atoms with Crippen LogP contribution in [0.25, 0.3) is 0 Å². The SMILES string of the molecule is CC(C)=CCC/C(C)=C/CC/C(C)=C/CSC[C@H](NC(=O)[C@H](C)CC(=O)O)C(=O)O. The summed E-state index contributed by atoms with van der Waals surface area (Å²) in [5.41, 5.74) is 3.99. The first-order chi connectivity index (χ1) is 14.0. The van der Waals surface area contributed by atoms with Gasteiger partial charge in [-0.3, -0.25) is 9.59 Å². The molecule has 0 fully saturated rings. The molecule has 0 aliphatic heterocycles. The van der Waals surface area contributed by atoms with E-state index in [4.69, 9.17) is 5.11 Å². The number of nitrogens with one attached hydrogen (secondary N) is 1. The van der Waals surface area contributed by atoms with Crippen LogP contribution in [0.15, 0.2) is 34.9 Å². The maximum atomic E-state index is 11.9. The van der Waals surface area contributed by atoms with Gasteiger partial charge in [0.2, 0.25) is 5.91 Å². The van der Waals surface area contributed by atoms with Crippen molar-refractivity contribution >= 4 is 29.6 Å². The van der Waals surface area contributed by atoms with Crippen LogP contribution in [0, 0.1) is 5.92 Å². The highest BCUT2D eigenvalue weighted by Crippen LogP contribution is 2.13. The lowest BCUT2D eigenvalue weighted by Crippen LogP contribution is -2.45. The molecule has 0 aliphatic rings. The van der Waals surface area contributed by atoms with Gasteiger partial charge in [-0.2, -0.15) is 11.8 Å². The lowest BCUT2D eigenvalue weighted by atomic mass is 10.1.